The second kappa shape index (κ2) is 9.47. The molecule has 0 fully saturated rings. The highest BCUT2D eigenvalue weighted by Gasteiger charge is 2.73. The van der Waals surface area contributed by atoms with E-state index in [2.05, 4.69) is 5.43 Å². The van der Waals surface area contributed by atoms with Gasteiger partial charge in [0.25, 0.3) is 0 Å². The van der Waals surface area contributed by atoms with Gasteiger partial charge < -0.3 is 4.74 Å². The molecule has 0 saturated carbocycles. The number of nitrogens with one attached hydrogen (secondary N) is 1. The van der Waals surface area contributed by atoms with Gasteiger partial charge in [-0.05, 0) is 50.1 Å². The molecule has 0 atom stereocenters. The molecule has 1 N–H and O–H groups in total. The van der Waals surface area contributed by atoms with Crippen LogP contribution in [0, 0.1) is 13.8 Å². The lowest BCUT2D eigenvalue weighted by Crippen LogP contribution is -2.50. The molecule has 0 bridgehead atoms. The van der Waals surface area contributed by atoms with Crippen molar-refractivity contribution in [3.63, 3.8) is 0 Å². The smallest absolute Gasteiger partial charge is 0.435 e. The first kappa shape index (κ1) is 27.6. The van der Waals surface area contributed by atoms with Crippen LogP contribution < -0.4 is 10.4 Å². The summed E-state index contributed by atoms with van der Waals surface area (Å²) in [5.74, 6) is -0.644. The number of aryl methyl sites for hydroxylation is 2. The van der Waals surface area contributed by atoms with Crippen LogP contribution in [0.3, 0.4) is 0 Å². The fraction of sp³-hybridized carbons (Fsp3) is 0.348. The fourth-order valence-electron chi connectivity index (χ4n) is 3.93. The topological polar surface area (TPSA) is 44.8 Å². The molecule has 196 valence electrons. The molecule has 13 heteroatoms. The average molecular weight is 540 g/mol. The number of anilines is 1. The van der Waals surface area contributed by atoms with Crippen LogP contribution in [0.5, 0.6) is 0 Å². The number of nitrogens with zero attached hydrogens (tertiary/aromatic N) is 2. The maximum Gasteiger partial charge on any atom is 0.435 e. The van der Waals surface area contributed by atoms with Crippen molar-refractivity contribution in [3.8, 4) is 0 Å². The van der Waals surface area contributed by atoms with Gasteiger partial charge in [0.1, 0.15) is 0 Å². The van der Waals surface area contributed by atoms with Crippen molar-refractivity contribution in [1.29, 1.82) is 0 Å². The van der Waals surface area contributed by atoms with Crippen LogP contribution >= 0.6 is 11.6 Å². The number of hydrazine groups is 2. The van der Waals surface area contributed by atoms with E-state index in [1.807, 2.05) is 0 Å². The van der Waals surface area contributed by atoms with Gasteiger partial charge in [-0.2, -0.15) is 26.3 Å². The van der Waals surface area contributed by atoms with Crippen LogP contribution in [0.4, 0.5) is 36.4 Å². The first-order valence-electron chi connectivity index (χ1n) is 10.4. The molecule has 0 amide bonds. The van der Waals surface area contributed by atoms with Gasteiger partial charge in [0, 0.05) is 24.4 Å². The number of esters is 1. The Kier molecular flexibility index (Phi) is 7.26. The van der Waals surface area contributed by atoms with E-state index in [0.717, 1.165) is 0 Å². The summed E-state index contributed by atoms with van der Waals surface area (Å²) in [5.41, 5.74) is -3.03. The van der Waals surface area contributed by atoms with Gasteiger partial charge in [-0.1, -0.05) is 23.7 Å². The van der Waals surface area contributed by atoms with E-state index in [1.165, 1.54) is 42.3 Å². The summed E-state index contributed by atoms with van der Waals surface area (Å²) in [6.07, 6.45) is -10.9. The maximum atomic E-state index is 14.6. The number of rotatable bonds is 5. The van der Waals surface area contributed by atoms with Crippen molar-refractivity contribution in [2.24, 2.45) is 0 Å². The number of hydrogen-bond acceptors (Lipinski definition) is 5. The molecule has 2 aromatic rings. The van der Waals surface area contributed by atoms with Crippen LogP contribution in [-0.4, -0.2) is 37.1 Å². The summed E-state index contributed by atoms with van der Waals surface area (Å²) < 4.78 is 99.0. The number of hydrogen-bond donors (Lipinski definition) is 1. The number of halogens is 8. The summed E-state index contributed by atoms with van der Waals surface area (Å²) in [4.78, 5) is 12.2. The van der Waals surface area contributed by atoms with Gasteiger partial charge in [-0.15, -0.1) is 5.12 Å². The quantitative estimate of drug-likeness (QED) is 0.343. The summed E-state index contributed by atoms with van der Waals surface area (Å²) in [5, 5.41) is 3.15. The Morgan fingerprint density at radius 1 is 1.00 bits per heavy atom. The standard InChI is InChI=1S/C23H21ClF7N3O2/c1-5-36-20(35)16-10-15(6-7-17(16)24)34-11-18(32-33(34)4)19-12(2)8-14(9-13(19)3)21(25,22(26,27)28)23(29,30)31/h6-11,32H,5H2,1-4H3. The molecule has 1 heterocycles. The van der Waals surface area contributed by atoms with Crippen molar-refractivity contribution in [3.05, 3.63) is 69.4 Å². The normalized spacial score (nSPS) is 15.1. The average Bonchev–Trinajstić information content (AvgIpc) is 3.12. The molecule has 3 rings (SSSR count). The lowest BCUT2D eigenvalue weighted by molar-refractivity contribution is -0.348. The van der Waals surface area contributed by atoms with E-state index in [4.69, 9.17) is 16.3 Å². The Morgan fingerprint density at radius 2 is 1.56 bits per heavy atom. The van der Waals surface area contributed by atoms with E-state index in [0.29, 0.717) is 23.5 Å². The van der Waals surface area contributed by atoms with Gasteiger partial charge in [-0.3, -0.25) is 10.4 Å². The molecule has 5 nitrogen and oxygen atoms in total. The van der Waals surface area contributed by atoms with Crippen LogP contribution in [0.2, 0.25) is 5.02 Å². The Bertz CT molecular complexity index is 1170. The minimum atomic E-state index is -6.21. The fourth-order valence-corrected chi connectivity index (χ4v) is 4.13. The first-order chi connectivity index (χ1) is 16.5. The molecule has 0 radical (unpaired) electrons. The van der Waals surface area contributed by atoms with Gasteiger partial charge in [0.2, 0.25) is 0 Å². The Hall–Kier alpha value is -2.99. The van der Waals surface area contributed by atoms with Crippen molar-refractivity contribution >= 4 is 29.0 Å². The lowest BCUT2D eigenvalue weighted by Gasteiger charge is -2.31. The van der Waals surface area contributed by atoms with E-state index in [1.54, 1.807) is 20.0 Å². The van der Waals surface area contributed by atoms with Gasteiger partial charge in [-0.25, -0.2) is 9.18 Å². The number of ether oxygens (including phenoxy) is 1. The number of benzene rings is 2. The second-order valence-electron chi connectivity index (χ2n) is 8.05. The highest BCUT2D eigenvalue weighted by molar-refractivity contribution is 6.33. The van der Waals surface area contributed by atoms with Gasteiger partial charge >= 0.3 is 24.0 Å². The SMILES string of the molecule is CCOC(=O)c1cc(N2C=C(c3c(C)cc(C(F)(C(F)(F)F)C(F)(F)F)cc3C)NN2C)ccc1Cl. The van der Waals surface area contributed by atoms with Crippen molar-refractivity contribution < 1.29 is 40.3 Å². The Morgan fingerprint density at radius 3 is 2.06 bits per heavy atom. The summed E-state index contributed by atoms with van der Waals surface area (Å²) in [7, 11) is 1.58. The van der Waals surface area contributed by atoms with Crippen LogP contribution in [0.15, 0.2) is 36.5 Å². The summed E-state index contributed by atoms with van der Waals surface area (Å²) >= 11 is 6.10. The van der Waals surface area contributed by atoms with Crippen LogP contribution in [0.1, 0.15) is 39.5 Å². The molecule has 1 aliphatic rings. The first-order valence-corrected chi connectivity index (χ1v) is 10.8. The predicted octanol–water partition coefficient (Wildman–Crippen LogP) is 6.59. The van der Waals surface area contributed by atoms with E-state index in [9.17, 15) is 35.5 Å². The predicted molar refractivity (Wildman–Crippen MR) is 120 cm³/mol. The minimum Gasteiger partial charge on any atom is -0.462 e. The molecule has 0 aromatic heterocycles. The monoisotopic (exact) mass is 539 g/mol. The molecular formula is C23H21ClF7N3O2. The van der Waals surface area contributed by atoms with Gasteiger partial charge in [0.05, 0.1) is 28.6 Å². The van der Waals surface area contributed by atoms with Crippen molar-refractivity contribution in [1.82, 2.24) is 10.5 Å². The highest BCUT2D eigenvalue weighted by atomic mass is 35.5. The van der Waals surface area contributed by atoms with E-state index >= 15 is 0 Å². The molecular weight excluding hydrogens is 519 g/mol. The van der Waals surface area contributed by atoms with E-state index < -0.39 is 29.6 Å². The molecule has 36 heavy (non-hydrogen) atoms. The van der Waals surface area contributed by atoms with Crippen molar-refractivity contribution in [2.45, 2.75) is 38.8 Å². The maximum absolute atomic E-state index is 14.6. The largest absolute Gasteiger partial charge is 0.462 e. The lowest BCUT2D eigenvalue weighted by atomic mass is 9.88. The molecule has 2 aromatic carbocycles. The number of carbonyl (C=O) groups excluding carboxylic acids is 1. The number of carbonyl (C=O) groups is 1. The zero-order valence-corrected chi connectivity index (χ0v) is 20.2. The van der Waals surface area contributed by atoms with Crippen LogP contribution in [0.25, 0.3) is 5.70 Å². The third-order valence-corrected chi connectivity index (χ3v) is 5.88. The summed E-state index contributed by atoms with van der Waals surface area (Å²) in [6.45, 7) is 4.33. The van der Waals surface area contributed by atoms with E-state index in [-0.39, 0.29) is 33.9 Å². The second-order valence-corrected chi connectivity index (χ2v) is 8.45. The Balaban J connectivity index is 2.06. The zero-order valence-electron chi connectivity index (χ0n) is 19.4. The van der Waals surface area contributed by atoms with Crippen LogP contribution in [-0.2, 0) is 10.4 Å². The Labute approximate surface area is 207 Å². The van der Waals surface area contributed by atoms with Gasteiger partial charge in [0.15, 0.2) is 0 Å². The zero-order chi connectivity index (χ0) is 27.2. The third kappa shape index (κ3) is 4.71. The third-order valence-electron chi connectivity index (χ3n) is 5.55. The minimum absolute atomic E-state index is 0.0159. The number of alkyl halides is 7. The summed E-state index contributed by atoms with van der Waals surface area (Å²) in [6, 6.07) is 5.61. The highest BCUT2D eigenvalue weighted by Crippen LogP contribution is 2.53. The molecule has 0 spiro atoms. The molecule has 1 aliphatic heterocycles. The molecule has 0 unspecified atom stereocenters. The molecule has 0 saturated heterocycles. The van der Waals surface area contributed by atoms with Crippen molar-refractivity contribution in [2.75, 3.05) is 18.7 Å². The molecule has 0 aliphatic carbocycles.